The lowest BCUT2D eigenvalue weighted by Crippen LogP contribution is -2.39. The molecule has 0 heterocycles. The standard InChI is InChI=1S/C18H21NO3S/c1-13(2)19(10-9-18(21)22)17(20)12-23-16-8-7-14-5-3-4-6-15(14)11-16/h3-8,11,13H,9-10,12H2,1-2H3,(H,21,22). The molecule has 0 aromatic heterocycles. The molecule has 122 valence electrons. The van der Waals surface area contributed by atoms with Crippen molar-refractivity contribution in [1.29, 1.82) is 0 Å². The second kappa shape index (κ2) is 8.02. The lowest BCUT2D eigenvalue weighted by molar-refractivity contribution is -0.138. The van der Waals surface area contributed by atoms with Crippen molar-refractivity contribution in [2.24, 2.45) is 0 Å². The van der Waals surface area contributed by atoms with Gasteiger partial charge in [-0.2, -0.15) is 0 Å². The molecule has 1 N–H and O–H groups in total. The molecule has 0 atom stereocenters. The Labute approximate surface area is 140 Å². The molecule has 2 aromatic rings. The van der Waals surface area contributed by atoms with E-state index < -0.39 is 5.97 Å². The van der Waals surface area contributed by atoms with Gasteiger partial charge in [-0.25, -0.2) is 0 Å². The van der Waals surface area contributed by atoms with Crippen molar-refractivity contribution in [2.75, 3.05) is 12.3 Å². The fraction of sp³-hybridized carbons (Fsp3) is 0.333. The maximum absolute atomic E-state index is 12.3. The van der Waals surface area contributed by atoms with Gasteiger partial charge in [0, 0.05) is 17.5 Å². The Kier molecular flexibility index (Phi) is 6.04. The molecule has 23 heavy (non-hydrogen) atoms. The van der Waals surface area contributed by atoms with Crippen LogP contribution in [-0.2, 0) is 9.59 Å². The molecule has 0 saturated heterocycles. The number of carboxylic acid groups (broad SMARTS) is 1. The summed E-state index contributed by atoms with van der Waals surface area (Å²) in [5.74, 6) is -0.596. The summed E-state index contributed by atoms with van der Waals surface area (Å²) < 4.78 is 0. The third-order valence-electron chi connectivity index (χ3n) is 3.59. The van der Waals surface area contributed by atoms with Crippen molar-refractivity contribution >= 4 is 34.4 Å². The number of carboxylic acids is 1. The highest BCUT2D eigenvalue weighted by atomic mass is 32.2. The lowest BCUT2D eigenvalue weighted by Gasteiger charge is -2.26. The van der Waals surface area contributed by atoms with Crippen molar-refractivity contribution in [3.8, 4) is 0 Å². The van der Waals surface area contributed by atoms with E-state index in [4.69, 9.17) is 5.11 Å². The molecule has 0 radical (unpaired) electrons. The Bertz CT molecular complexity index is 699. The van der Waals surface area contributed by atoms with Gasteiger partial charge >= 0.3 is 5.97 Å². The van der Waals surface area contributed by atoms with Crippen LogP contribution in [-0.4, -0.2) is 40.2 Å². The molecule has 2 aromatic carbocycles. The Morgan fingerprint density at radius 2 is 1.83 bits per heavy atom. The first-order chi connectivity index (χ1) is 11.0. The molecule has 1 amide bonds. The number of hydrogen-bond donors (Lipinski definition) is 1. The number of carbonyl (C=O) groups is 2. The van der Waals surface area contributed by atoms with Crippen LogP contribution in [0.2, 0.25) is 0 Å². The highest BCUT2D eigenvalue weighted by Crippen LogP contribution is 2.24. The number of amides is 1. The number of nitrogens with zero attached hydrogens (tertiary/aromatic N) is 1. The number of carbonyl (C=O) groups excluding carboxylic acids is 1. The first-order valence-corrected chi connectivity index (χ1v) is 8.59. The molecule has 0 aliphatic rings. The summed E-state index contributed by atoms with van der Waals surface area (Å²) in [5.41, 5.74) is 0. The molecular weight excluding hydrogens is 310 g/mol. The molecule has 2 rings (SSSR count). The van der Waals surface area contributed by atoms with Crippen molar-refractivity contribution in [3.63, 3.8) is 0 Å². The maximum atomic E-state index is 12.3. The molecule has 5 heteroatoms. The van der Waals surface area contributed by atoms with E-state index in [0.29, 0.717) is 5.75 Å². The molecule has 0 saturated carbocycles. The SMILES string of the molecule is CC(C)N(CCC(=O)O)C(=O)CSc1ccc2ccccc2c1. The monoisotopic (exact) mass is 331 g/mol. The number of rotatable bonds is 7. The number of hydrogen-bond acceptors (Lipinski definition) is 3. The normalized spacial score (nSPS) is 10.9. The van der Waals surface area contributed by atoms with Crippen LogP contribution in [0.4, 0.5) is 0 Å². The number of benzene rings is 2. The van der Waals surface area contributed by atoms with Gasteiger partial charge in [0.1, 0.15) is 0 Å². The summed E-state index contributed by atoms with van der Waals surface area (Å²) in [6, 6.07) is 14.2. The molecule has 0 fully saturated rings. The second-order valence-electron chi connectivity index (χ2n) is 5.62. The highest BCUT2D eigenvalue weighted by Gasteiger charge is 2.18. The maximum Gasteiger partial charge on any atom is 0.305 e. The Hall–Kier alpha value is -2.01. The van der Waals surface area contributed by atoms with Crippen LogP contribution in [0.15, 0.2) is 47.4 Å². The first kappa shape index (κ1) is 17.3. The quantitative estimate of drug-likeness (QED) is 0.787. The minimum Gasteiger partial charge on any atom is -0.481 e. The minimum absolute atomic E-state index is 0.000876. The van der Waals surface area contributed by atoms with Gasteiger partial charge in [0.15, 0.2) is 0 Å². The minimum atomic E-state index is -0.884. The molecule has 0 aliphatic heterocycles. The van der Waals surface area contributed by atoms with E-state index in [0.717, 1.165) is 10.3 Å². The lowest BCUT2D eigenvalue weighted by atomic mass is 10.1. The summed E-state index contributed by atoms with van der Waals surface area (Å²) in [6.45, 7) is 4.06. The van der Waals surface area contributed by atoms with Gasteiger partial charge in [-0.1, -0.05) is 30.3 Å². The third-order valence-corrected chi connectivity index (χ3v) is 4.57. The third kappa shape index (κ3) is 4.99. The predicted octanol–water partition coefficient (Wildman–Crippen LogP) is 3.64. The van der Waals surface area contributed by atoms with E-state index in [-0.39, 0.29) is 24.9 Å². The molecular formula is C18H21NO3S. The van der Waals surface area contributed by atoms with Crippen molar-refractivity contribution in [1.82, 2.24) is 4.90 Å². The van der Waals surface area contributed by atoms with Crippen molar-refractivity contribution < 1.29 is 14.7 Å². The van der Waals surface area contributed by atoms with E-state index in [2.05, 4.69) is 18.2 Å². The number of aliphatic carboxylic acids is 1. The summed E-state index contributed by atoms with van der Waals surface area (Å²) >= 11 is 1.48. The molecule has 0 bridgehead atoms. The fourth-order valence-corrected chi connectivity index (χ4v) is 3.20. The van der Waals surface area contributed by atoms with Crippen LogP contribution in [0.3, 0.4) is 0 Å². The summed E-state index contributed by atoms with van der Waals surface area (Å²) in [7, 11) is 0. The molecule has 0 aliphatic carbocycles. The van der Waals surface area contributed by atoms with Gasteiger partial charge in [0.2, 0.25) is 5.91 Å². The van der Waals surface area contributed by atoms with Gasteiger partial charge in [0.25, 0.3) is 0 Å². The highest BCUT2D eigenvalue weighted by molar-refractivity contribution is 8.00. The Morgan fingerprint density at radius 1 is 1.13 bits per heavy atom. The molecule has 0 unspecified atom stereocenters. The average Bonchev–Trinajstić information content (AvgIpc) is 2.52. The van der Waals surface area contributed by atoms with Gasteiger partial charge in [0.05, 0.1) is 12.2 Å². The van der Waals surface area contributed by atoms with Gasteiger partial charge in [-0.3, -0.25) is 9.59 Å². The fourth-order valence-electron chi connectivity index (χ4n) is 2.37. The van der Waals surface area contributed by atoms with Gasteiger partial charge in [-0.05, 0) is 36.8 Å². The zero-order valence-corrected chi connectivity index (χ0v) is 14.2. The van der Waals surface area contributed by atoms with Crippen molar-refractivity contribution in [3.05, 3.63) is 42.5 Å². The Balaban J connectivity index is 1.99. The van der Waals surface area contributed by atoms with Gasteiger partial charge in [-0.15, -0.1) is 11.8 Å². The largest absolute Gasteiger partial charge is 0.481 e. The van der Waals surface area contributed by atoms with E-state index in [1.54, 1.807) is 4.90 Å². The first-order valence-electron chi connectivity index (χ1n) is 7.60. The van der Waals surface area contributed by atoms with E-state index in [1.165, 1.54) is 17.1 Å². The van der Waals surface area contributed by atoms with Crippen LogP contribution in [0.25, 0.3) is 10.8 Å². The topological polar surface area (TPSA) is 57.6 Å². The van der Waals surface area contributed by atoms with Crippen LogP contribution in [0, 0.1) is 0 Å². The summed E-state index contributed by atoms with van der Waals surface area (Å²) in [4.78, 5) is 25.7. The molecule has 0 spiro atoms. The van der Waals surface area contributed by atoms with E-state index >= 15 is 0 Å². The zero-order chi connectivity index (χ0) is 16.8. The number of thioether (sulfide) groups is 1. The zero-order valence-electron chi connectivity index (χ0n) is 13.4. The van der Waals surface area contributed by atoms with Gasteiger partial charge < -0.3 is 10.0 Å². The Morgan fingerprint density at radius 3 is 2.48 bits per heavy atom. The van der Waals surface area contributed by atoms with E-state index in [1.807, 2.05) is 38.1 Å². The average molecular weight is 331 g/mol. The second-order valence-corrected chi connectivity index (χ2v) is 6.67. The van der Waals surface area contributed by atoms with Crippen molar-refractivity contribution in [2.45, 2.75) is 31.2 Å². The predicted molar refractivity (Wildman–Crippen MR) is 93.8 cm³/mol. The van der Waals surface area contributed by atoms with Crippen LogP contribution >= 0.6 is 11.8 Å². The summed E-state index contributed by atoms with van der Waals surface area (Å²) in [5, 5.41) is 11.1. The van der Waals surface area contributed by atoms with Crippen LogP contribution < -0.4 is 0 Å². The van der Waals surface area contributed by atoms with Crippen LogP contribution in [0.1, 0.15) is 20.3 Å². The van der Waals surface area contributed by atoms with Crippen LogP contribution in [0.5, 0.6) is 0 Å². The number of fused-ring (bicyclic) bond motifs is 1. The smallest absolute Gasteiger partial charge is 0.305 e. The molecule has 4 nitrogen and oxygen atoms in total. The van der Waals surface area contributed by atoms with E-state index in [9.17, 15) is 9.59 Å². The summed E-state index contributed by atoms with van der Waals surface area (Å²) in [6.07, 6.45) is -0.0233.